The van der Waals surface area contributed by atoms with Gasteiger partial charge < -0.3 is 10.3 Å². The van der Waals surface area contributed by atoms with E-state index in [9.17, 15) is 0 Å². The fourth-order valence-electron chi connectivity index (χ4n) is 2.73. The van der Waals surface area contributed by atoms with Crippen molar-refractivity contribution in [3.05, 3.63) is 66.4 Å². The van der Waals surface area contributed by atoms with Gasteiger partial charge in [0, 0.05) is 11.6 Å². The van der Waals surface area contributed by atoms with Crippen LogP contribution in [0.3, 0.4) is 0 Å². The van der Waals surface area contributed by atoms with E-state index in [4.69, 9.17) is 5.73 Å². The summed E-state index contributed by atoms with van der Waals surface area (Å²) in [5, 5.41) is 1.14. The quantitative estimate of drug-likeness (QED) is 0.610. The van der Waals surface area contributed by atoms with Crippen molar-refractivity contribution in [3.63, 3.8) is 0 Å². The first-order valence-electron chi connectivity index (χ1n) is 6.86. The fraction of sp³-hybridized carbons (Fsp3) is 0.0588. The number of aromatic nitrogens is 3. The van der Waals surface area contributed by atoms with E-state index >= 15 is 0 Å². The smallest absolute Gasteiger partial charge is 0.201 e. The molecule has 2 N–H and O–H groups in total. The van der Waals surface area contributed by atoms with E-state index in [-0.39, 0.29) is 0 Å². The molecule has 0 aliphatic heterocycles. The van der Waals surface area contributed by atoms with Gasteiger partial charge in [-0.15, -0.1) is 0 Å². The van der Waals surface area contributed by atoms with Crippen molar-refractivity contribution in [1.29, 1.82) is 0 Å². The predicted octanol–water partition coefficient (Wildman–Crippen LogP) is 3.22. The molecule has 0 saturated heterocycles. The molecule has 4 nitrogen and oxygen atoms in total. The van der Waals surface area contributed by atoms with E-state index < -0.39 is 0 Å². The van der Waals surface area contributed by atoms with Gasteiger partial charge in [0.2, 0.25) is 5.95 Å². The number of anilines is 1. The van der Waals surface area contributed by atoms with Crippen LogP contribution in [0, 0.1) is 0 Å². The molecule has 0 unspecified atom stereocenters. The number of nitrogens with two attached hydrogens (primary N) is 1. The Balaban J connectivity index is 1.89. The minimum absolute atomic E-state index is 0.532. The van der Waals surface area contributed by atoms with Crippen molar-refractivity contribution >= 4 is 27.9 Å². The third-order valence-corrected chi connectivity index (χ3v) is 3.73. The average Bonchev–Trinajstić information content (AvgIpc) is 2.84. The number of benzene rings is 2. The molecule has 0 atom stereocenters. The van der Waals surface area contributed by atoms with Crippen molar-refractivity contribution in [1.82, 2.24) is 14.5 Å². The van der Waals surface area contributed by atoms with Crippen molar-refractivity contribution < 1.29 is 0 Å². The lowest BCUT2D eigenvalue weighted by Crippen LogP contribution is -2.05. The van der Waals surface area contributed by atoms with Gasteiger partial charge in [-0.05, 0) is 23.8 Å². The normalized spacial score (nSPS) is 11.2. The van der Waals surface area contributed by atoms with E-state index in [0.717, 1.165) is 27.5 Å². The van der Waals surface area contributed by atoms with Crippen LogP contribution in [-0.4, -0.2) is 14.5 Å². The molecule has 0 radical (unpaired) electrons. The topological polar surface area (TPSA) is 56.7 Å². The molecule has 4 aromatic rings. The van der Waals surface area contributed by atoms with Crippen LogP contribution in [0.4, 0.5) is 5.95 Å². The van der Waals surface area contributed by atoms with Crippen molar-refractivity contribution in [2.24, 2.45) is 0 Å². The summed E-state index contributed by atoms with van der Waals surface area (Å²) in [4.78, 5) is 8.91. The second-order valence-corrected chi connectivity index (χ2v) is 5.04. The lowest BCUT2D eigenvalue weighted by Gasteiger charge is -2.09. The number of fused-ring (bicyclic) bond motifs is 2. The monoisotopic (exact) mass is 274 g/mol. The van der Waals surface area contributed by atoms with Gasteiger partial charge >= 0.3 is 0 Å². The van der Waals surface area contributed by atoms with Gasteiger partial charge in [0.25, 0.3) is 0 Å². The van der Waals surface area contributed by atoms with Gasteiger partial charge in [0.15, 0.2) is 0 Å². The molecular formula is C17H14N4. The molecule has 4 heteroatoms. The summed E-state index contributed by atoms with van der Waals surface area (Å²) in [5.41, 5.74) is 10.2. The zero-order valence-electron chi connectivity index (χ0n) is 11.4. The number of nitrogens with zero attached hydrogens (tertiary/aromatic N) is 3. The summed E-state index contributed by atoms with van der Waals surface area (Å²) in [6, 6.07) is 18.2. The Kier molecular flexibility index (Phi) is 2.60. The first-order valence-corrected chi connectivity index (χ1v) is 6.86. The van der Waals surface area contributed by atoms with Gasteiger partial charge in [-0.3, -0.25) is 4.98 Å². The van der Waals surface area contributed by atoms with Crippen LogP contribution in [0.25, 0.3) is 21.9 Å². The third kappa shape index (κ3) is 1.92. The van der Waals surface area contributed by atoms with Crippen LogP contribution < -0.4 is 5.73 Å². The third-order valence-electron chi connectivity index (χ3n) is 3.73. The van der Waals surface area contributed by atoms with E-state index in [0.29, 0.717) is 12.5 Å². The molecular weight excluding hydrogens is 260 g/mol. The molecule has 0 amide bonds. The molecule has 21 heavy (non-hydrogen) atoms. The largest absolute Gasteiger partial charge is 0.369 e. The van der Waals surface area contributed by atoms with E-state index in [1.54, 1.807) is 0 Å². The van der Waals surface area contributed by atoms with Crippen LogP contribution in [0.15, 0.2) is 60.8 Å². The molecule has 0 aliphatic carbocycles. The number of hydrogen-bond donors (Lipinski definition) is 1. The van der Waals surface area contributed by atoms with Crippen LogP contribution in [0.2, 0.25) is 0 Å². The maximum atomic E-state index is 6.08. The summed E-state index contributed by atoms with van der Waals surface area (Å²) in [5.74, 6) is 0.532. The zero-order chi connectivity index (χ0) is 14.2. The van der Waals surface area contributed by atoms with Crippen molar-refractivity contribution in [2.45, 2.75) is 6.54 Å². The Morgan fingerprint density at radius 3 is 2.76 bits per heavy atom. The molecule has 4 rings (SSSR count). The number of pyridine rings is 1. The number of nitrogen functional groups attached to an aromatic ring is 1. The van der Waals surface area contributed by atoms with E-state index in [2.05, 4.69) is 34.2 Å². The van der Waals surface area contributed by atoms with Gasteiger partial charge in [-0.25, -0.2) is 4.98 Å². The van der Waals surface area contributed by atoms with Gasteiger partial charge in [0.05, 0.1) is 23.1 Å². The first-order chi connectivity index (χ1) is 10.3. The van der Waals surface area contributed by atoms with Gasteiger partial charge in [-0.1, -0.05) is 36.4 Å². The van der Waals surface area contributed by atoms with Crippen molar-refractivity contribution in [2.75, 3.05) is 5.73 Å². The molecule has 0 saturated carbocycles. The standard InChI is InChI=1S/C17H14N4/c18-17-20-14-8-1-2-9-15(14)21(17)11-13-6-3-5-12-7-4-10-19-16(12)13/h1-10H,11H2,(H2,18,20). The van der Waals surface area contributed by atoms with Crippen LogP contribution in [0.5, 0.6) is 0 Å². The minimum Gasteiger partial charge on any atom is -0.369 e. The van der Waals surface area contributed by atoms with Crippen LogP contribution in [-0.2, 0) is 6.54 Å². The highest BCUT2D eigenvalue weighted by Crippen LogP contribution is 2.22. The molecule has 0 bridgehead atoms. The summed E-state index contributed by atoms with van der Waals surface area (Å²) < 4.78 is 2.03. The Morgan fingerprint density at radius 2 is 1.81 bits per heavy atom. The maximum absolute atomic E-state index is 6.08. The summed E-state index contributed by atoms with van der Waals surface area (Å²) in [7, 11) is 0. The lowest BCUT2D eigenvalue weighted by molar-refractivity contribution is 0.842. The zero-order valence-corrected chi connectivity index (χ0v) is 11.4. The molecule has 2 aromatic heterocycles. The molecule has 102 valence electrons. The summed E-state index contributed by atoms with van der Waals surface area (Å²) in [6.45, 7) is 0.667. The van der Waals surface area contributed by atoms with Crippen LogP contribution >= 0.6 is 0 Å². The Bertz CT molecular complexity index is 934. The summed E-state index contributed by atoms with van der Waals surface area (Å²) in [6.07, 6.45) is 1.82. The molecule has 2 heterocycles. The summed E-state index contributed by atoms with van der Waals surface area (Å²) >= 11 is 0. The molecule has 2 aromatic carbocycles. The van der Waals surface area contributed by atoms with Crippen molar-refractivity contribution in [3.8, 4) is 0 Å². The predicted molar refractivity (Wildman–Crippen MR) is 85.0 cm³/mol. The average molecular weight is 274 g/mol. The Morgan fingerprint density at radius 1 is 0.952 bits per heavy atom. The number of para-hydroxylation sites is 3. The van der Waals surface area contributed by atoms with Crippen LogP contribution in [0.1, 0.15) is 5.56 Å². The number of imidazole rings is 1. The highest BCUT2D eigenvalue weighted by molar-refractivity contribution is 5.82. The number of rotatable bonds is 2. The molecule has 0 aliphatic rings. The fourth-order valence-corrected chi connectivity index (χ4v) is 2.73. The second-order valence-electron chi connectivity index (χ2n) is 5.04. The highest BCUT2D eigenvalue weighted by Gasteiger charge is 2.09. The number of hydrogen-bond acceptors (Lipinski definition) is 3. The van der Waals surface area contributed by atoms with Gasteiger partial charge in [-0.2, -0.15) is 0 Å². The SMILES string of the molecule is Nc1nc2ccccc2n1Cc1cccc2cccnc12. The van der Waals surface area contributed by atoms with E-state index in [1.165, 1.54) is 0 Å². The Labute approximate surface area is 121 Å². The second kappa shape index (κ2) is 4.59. The lowest BCUT2D eigenvalue weighted by atomic mass is 10.1. The molecule has 0 fully saturated rings. The van der Waals surface area contributed by atoms with E-state index in [1.807, 2.05) is 41.1 Å². The first kappa shape index (κ1) is 11.9. The highest BCUT2D eigenvalue weighted by atomic mass is 15.1. The maximum Gasteiger partial charge on any atom is 0.201 e. The molecule has 0 spiro atoms. The van der Waals surface area contributed by atoms with Gasteiger partial charge in [0.1, 0.15) is 0 Å². The Hall–Kier alpha value is -2.88. The minimum atomic E-state index is 0.532.